The normalized spacial score (nSPS) is 19.0. The van der Waals surface area contributed by atoms with Gasteiger partial charge in [0, 0.05) is 38.0 Å². The van der Waals surface area contributed by atoms with E-state index in [1.54, 1.807) is 18.3 Å². The van der Waals surface area contributed by atoms with Crippen LogP contribution in [0.15, 0.2) is 54.7 Å². The van der Waals surface area contributed by atoms with Gasteiger partial charge in [-0.05, 0) is 48.4 Å². The molecule has 2 aromatic carbocycles. The molecule has 2 aliphatic rings. The number of aromatic amines is 1. The molecule has 30 heavy (non-hydrogen) atoms. The standard InChI is InChI=1S/C22H22FN5O2/c23-18-3-7-20(8-4-18)30-19-5-1-15(2-6-19)17-13-28(14-17)22(29)27-10-9-16(12-27)21-11-24-26-25-21/h1-8,11,16-17H,9-10,12-14H2,(H,24,25,26)/t16-/m0/s1. The summed E-state index contributed by atoms with van der Waals surface area (Å²) in [7, 11) is 0. The maximum Gasteiger partial charge on any atom is 0.320 e. The largest absolute Gasteiger partial charge is 0.457 e. The highest BCUT2D eigenvalue weighted by molar-refractivity contribution is 5.76. The number of rotatable bonds is 4. The molecule has 0 saturated carbocycles. The summed E-state index contributed by atoms with van der Waals surface area (Å²) in [5, 5.41) is 10.5. The van der Waals surface area contributed by atoms with E-state index in [0.717, 1.165) is 31.7 Å². The van der Waals surface area contributed by atoms with Crippen molar-refractivity contribution in [1.29, 1.82) is 0 Å². The second-order valence-electron chi connectivity index (χ2n) is 7.85. The van der Waals surface area contributed by atoms with Gasteiger partial charge >= 0.3 is 6.03 Å². The van der Waals surface area contributed by atoms with Gasteiger partial charge in [-0.3, -0.25) is 5.10 Å². The molecule has 154 valence electrons. The summed E-state index contributed by atoms with van der Waals surface area (Å²) >= 11 is 0. The molecule has 2 fully saturated rings. The number of halogens is 1. The zero-order valence-electron chi connectivity index (χ0n) is 16.4. The minimum absolute atomic E-state index is 0.109. The summed E-state index contributed by atoms with van der Waals surface area (Å²) in [4.78, 5) is 16.6. The number of nitrogens with zero attached hydrogens (tertiary/aromatic N) is 4. The number of carbonyl (C=O) groups is 1. The van der Waals surface area contributed by atoms with E-state index in [0.29, 0.717) is 24.0 Å². The lowest BCUT2D eigenvalue weighted by atomic mass is 9.92. The van der Waals surface area contributed by atoms with Crippen LogP contribution in [0.2, 0.25) is 0 Å². The van der Waals surface area contributed by atoms with Crippen molar-refractivity contribution < 1.29 is 13.9 Å². The number of likely N-dealkylation sites (tertiary alicyclic amines) is 2. The molecule has 1 aromatic heterocycles. The van der Waals surface area contributed by atoms with Crippen LogP contribution in [0.1, 0.15) is 29.5 Å². The molecule has 0 spiro atoms. The van der Waals surface area contributed by atoms with Crippen LogP contribution in [-0.4, -0.2) is 57.4 Å². The van der Waals surface area contributed by atoms with E-state index in [1.165, 1.54) is 17.7 Å². The second kappa shape index (κ2) is 7.78. The molecule has 3 aromatic rings. The fourth-order valence-electron chi connectivity index (χ4n) is 4.08. The first-order valence-corrected chi connectivity index (χ1v) is 10.1. The molecule has 8 heteroatoms. The number of aromatic nitrogens is 3. The summed E-state index contributed by atoms with van der Waals surface area (Å²) in [6.45, 7) is 2.92. The van der Waals surface area contributed by atoms with Crippen molar-refractivity contribution in [2.75, 3.05) is 26.2 Å². The fourth-order valence-corrected chi connectivity index (χ4v) is 4.08. The van der Waals surface area contributed by atoms with Gasteiger partial charge in [-0.1, -0.05) is 17.3 Å². The second-order valence-corrected chi connectivity index (χ2v) is 7.85. The van der Waals surface area contributed by atoms with Crippen molar-refractivity contribution in [3.8, 4) is 11.5 Å². The molecule has 0 aliphatic carbocycles. The number of urea groups is 1. The van der Waals surface area contributed by atoms with Crippen molar-refractivity contribution in [3.05, 3.63) is 71.8 Å². The highest BCUT2D eigenvalue weighted by Crippen LogP contribution is 2.32. The van der Waals surface area contributed by atoms with Crippen LogP contribution in [0.25, 0.3) is 0 Å². The summed E-state index contributed by atoms with van der Waals surface area (Å²) in [6, 6.07) is 13.9. The van der Waals surface area contributed by atoms with Crippen molar-refractivity contribution in [3.63, 3.8) is 0 Å². The third kappa shape index (κ3) is 3.72. The molecule has 2 saturated heterocycles. The first-order valence-electron chi connectivity index (χ1n) is 10.1. The molecule has 7 nitrogen and oxygen atoms in total. The number of hydrogen-bond donors (Lipinski definition) is 1. The highest BCUT2D eigenvalue weighted by Gasteiger charge is 2.37. The molecule has 3 heterocycles. The predicted molar refractivity (Wildman–Crippen MR) is 108 cm³/mol. The number of H-pyrrole nitrogens is 1. The van der Waals surface area contributed by atoms with Gasteiger partial charge in [0.05, 0.1) is 11.9 Å². The lowest BCUT2D eigenvalue weighted by molar-refractivity contribution is 0.121. The van der Waals surface area contributed by atoms with Crippen LogP contribution in [0, 0.1) is 5.82 Å². The van der Waals surface area contributed by atoms with Crippen LogP contribution in [-0.2, 0) is 0 Å². The minimum atomic E-state index is -0.287. The zero-order chi connectivity index (χ0) is 20.5. The molecular weight excluding hydrogens is 385 g/mol. The lowest BCUT2D eigenvalue weighted by Crippen LogP contribution is -2.53. The van der Waals surface area contributed by atoms with Crippen molar-refractivity contribution in [2.24, 2.45) is 0 Å². The monoisotopic (exact) mass is 407 g/mol. The van der Waals surface area contributed by atoms with Gasteiger partial charge in [0.25, 0.3) is 0 Å². The van der Waals surface area contributed by atoms with Crippen molar-refractivity contribution >= 4 is 6.03 Å². The van der Waals surface area contributed by atoms with Gasteiger partial charge in [0.15, 0.2) is 0 Å². The molecule has 2 amide bonds. The van der Waals surface area contributed by atoms with Gasteiger partial charge in [0.2, 0.25) is 0 Å². The summed E-state index contributed by atoms with van der Waals surface area (Å²) < 4.78 is 18.7. The van der Waals surface area contributed by atoms with E-state index in [4.69, 9.17) is 4.74 Å². The van der Waals surface area contributed by atoms with Crippen LogP contribution < -0.4 is 4.74 Å². The van der Waals surface area contributed by atoms with E-state index >= 15 is 0 Å². The average molecular weight is 407 g/mol. The van der Waals surface area contributed by atoms with Gasteiger partial charge in [-0.2, -0.15) is 0 Å². The zero-order valence-corrected chi connectivity index (χ0v) is 16.4. The Bertz CT molecular complexity index is 1000. The first kappa shape index (κ1) is 18.6. The summed E-state index contributed by atoms with van der Waals surface area (Å²) in [5.74, 6) is 1.64. The van der Waals surface area contributed by atoms with E-state index < -0.39 is 0 Å². The number of nitrogens with one attached hydrogen (secondary N) is 1. The van der Waals surface area contributed by atoms with E-state index in [9.17, 15) is 9.18 Å². The van der Waals surface area contributed by atoms with Gasteiger partial charge in [-0.25, -0.2) is 9.18 Å². The molecule has 2 aliphatic heterocycles. The molecule has 5 rings (SSSR count). The summed E-state index contributed by atoms with van der Waals surface area (Å²) in [6.07, 6.45) is 2.67. The molecule has 0 unspecified atom stereocenters. The molecule has 1 N–H and O–H groups in total. The Balaban J connectivity index is 1.13. The number of hydrogen-bond acceptors (Lipinski definition) is 4. The molecular formula is C22H22FN5O2. The Morgan fingerprint density at radius 2 is 1.63 bits per heavy atom. The number of carbonyl (C=O) groups excluding carboxylic acids is 1. The van der Waals surface area contributed by atoms with Crippen LogP contribution in [0.4, 0.5) is 9.18 Å². The maximum absolute atomic E-state index is 13.0. The number of ether oxygens (including phenoxy) is 1. The SMILES string of the molecule is O=C(N1CC(c2ccc(Oc3ccc(F)cc3)cc2)C1)N1CC[C@H](c2cnn[nH]2)C1. The van der Waals surface area contributed by atoms with Crippen molar-refractivity contribution in [2.45, 2.75) is 18.3 Å². The maximum atomic E-state index is 13.0. The van der Waals surface area contributed by atoms with Gasteiger partial charge in [-0.15, -0.1) is 5.10 Å². The number of benzene rings is 2. The fraction of sp³-hybridized carbons (Fsp3) is 0.318. The van der Waals surface area contributed by atoms with E-state index in [-0.39, 0.29) is 17.8 Å². The third-order valence-corrected chi connectivity index (χ3v) is 5.89. The molecule has 0 bridgehead atoms. The Labute approximate surface area is 173 Å². The Morgan fingerprint density at radius 3 is 2.30 bits per heavy atom. The average Bonchev–Trinajstić information content (AvgIpc) is 3.41. The molecule has 0 radical (unpaired) electrons. The van der Waals surface area contributed by atoms with E-state index in [1.807, 2.05) is 34.1 Å². The Hall–Kier alpha value is -3.42. The lowest BCUT2D eigenvalue weighted by Gasteiger charge is -2.41. The van der Waals surface area contributed by atoms with Crippen LogP contribution >= 0.6 is 0 Å². The quantitative estimate of drug-likeness (QED) is 0.715. The van der Waals surface area contributed by atoms with E-state index in [2.05, 4.69) is 15.4 Å². The van der Waals surface area contributed by atoms with Gasteiger partial charge in [0.1, 0.15) is 17.3 Å². The van der Waals surface area contributed by atoms with Crippen molar-refractivity contribution in [1.82, 2.24) is 25.2 Å². The minimum Gasteiger partial charge on any atom is -0.457 e. The predicted octanol–water partition coefficient (Wildman–Crippen LogP) is 3.74. The van der Waals surface area contributed by atoms with Gasteiger partial charge < -0.3 is 14.5 Å². The van der Waals surface area contributed by atoms with Crippen LogP contribution in [0.5, 0.6) is 11.5 Å². The topological polar surface area (TPSA) is 74.3 Å². The summed E-state index contributed by atoms with van der Waals surface area (Å²) in [5.41, 5.74) is 2.18. The molecule has 1 atom stereocenters. The first-order chi connectivity index (χ1) is 14.7. The Kier molecular flexibility index (Phi) is 4.82. The smallest absolute Gasteiger partial charge is 0.320 e. The third-order valence-electron chi connectivity index (χ3n) is 5.89. The van der Waals surface area contributed by atoms with Crippen LogP contribution in [0.3, 0.4) is 0 Å². The Morgan fingerprint density at radius 1 is 0.967 bits per heavy atom. The highest BCUT2D eigenvalue weighted by atomic mass is 19.1. The number of amides is 2.